The lowest BCUT2D eigenvalue weighted by atomic mass is 10.0. The van der Waals surface area contributed by atoms with Crippen molar-refractivity contribution in [3.63, 3.8) is 0 Å². The quantitative estimate of drug-likeness (QED) is 0.153. The third kappa shape index (κ3) is 8.05. The predicted octanol–water partition coefficient (Wildman–Crippen LogP) is 8.52. The van der Waals surface area contributed by atoms with Gasteiger partial charge in [0.05, 0.1) is 29.0 Å². The summed E-state index contributed by atoms with van der Waals surface area (Å²) in [5, 5.41) is 14.4. The molecule has 0 spiro atoms. The fourth-order valence-corrected chi connectivity index (χ4v) is 5.24. The highest BCUT2D eigenvalue weighted by molar-refractivity contribution is 7.14. The number of ether oxygens (including phenoxy) is 2. The van der Waals surface area contributed by atoms with Crippen LogP contribution in [0.15, 0.2) is 41.3 Å². The first-order chi connectivity index (χ1) is 18.7. The molecule has 39 heavy (non-hydrogen) atoms. The maximum absolute atomic E-state index is 12.9. The number of hydrogen-bond donors (Lipinski definition) is 2. The van der Waals surface area contributed by atoms with Crippen LogP contribution in [0.5, 0.6) is 5.75 Å². The molecule has 7 nitrogen and oxygen atoms in total. The number of thiazole rings is 1. The average Bonchev–Trinajstić information content (AvgIpc) is 3.37. The van der Waals surface area contributed by atoms with Gasteiger partial charge in [0.15, 0.2) is 5.13 Å². The summed E-state index contributed by atoms with van der Waals surface area (Å²) < 4.78 is 11.8. The number of rotatable bonds is 13. The summed E-state index contributed by atoms with van der Waals surface area (Å²) in [6, 6.07) is 8.72. The molecule has 208 valence electrons. The highest BCUT2D eigenvalue weighted by Crippen LogP contribution is 2.38. The summed E-state index contributed by atoms with van der Waals surface area (Å²) in [6.45, 7) is 6.31. The second-order valence-electron chi connectivity index (χ2n) is 8.98. The summed E-state index contributed by atoms with van der Waals surface area (Å²) in [7, 11) is 1.62. The second kappa shape index (κ2) is 14.5. The van der Waals surface area contributed by atoms with Crippen molar-refractivity contribution in [1.29, 1.82) is 0 Å². The third-order valence-electron chi connectivity index (χ3n) is 6.09. The van der Waals surface area contributed by atoms with E-state index < -0.39 is 11.9 Å². The molecule has 0 fully saturated rings. The topological polar surface area (TPSA) is 97.8 Å². The molecule has 1 aromatic heterocycles. The molecule has 0 unspecified atom stereocenters. The summed E-state index contributed by atoms with van der Waals surface area (Å²) >= 11 is 13.9. The van der Waals surface area contributed by atoms with Crippen molar-refractivity contribution < 1.29 is 24.2 Å². The van der Waals surface area contributed by atoms with Crippen molar-refractivity contribution in [3.8, 4) is 17.0 Å². The SMILES string of the molecule is CCCCCCO[C@H](C)c1cccc(-c2csc(NC(=O)c3cc(Cl)c(C=C(C)C(=O)O)c(Cl)c3)n2)c1OC. The highest BCUT2D eigenvalue weighted by atomic mass is 35.5. The zero-order valence-corrected chi connectivity index (χ0v) is 24.7. The van der Waals surface area contributed by atoms with Gasteiger partial charge in [0.1, 0.15) is 5.75 Å². The number of carbonyl (C=O) groups excluding carboxylic acids is 1. The number of benzene rings is 2. The maximum Gasteiger partial charge on any atom is 0.331 e. The fourth-order valence-electron chi connectivity index (χ4n) is 3.94. The first-order valence-electron chi connectivity index (χ1n) is 12.6. The fraction of sp³-hybridized carbons (Fsp3) is 0.345. The van der Waals surface area contributed by atoms with Crippen LogP contribution in [-0.4, -0.2) is 35.7 Å². The van der Waals surface area contributed by atoms with Gasteiger partial charge in [0.2, 0.25) is 0 Å². The van der Waals surface area contributed by atoms with Crippen LogP contribution in [0.25, 0.3) is 17.3 Å². The predicted molar refractivity (Wildman–Crippen MR) is 158 cm³/mol. The molecule has 1 amide bonds. The molecule has 10 heteroatoms. The minimum Gasteiger partial charge on any atom is -0.496 e. The molecule has 1 heterocycles. The van der Waals surface area contributed by atoms with Gasteiger partial charge in [-0.1, -0.05) is 61.5 Å². The van der Waals surface area contributed by atoms with Crippen molar-refractivity contribution in [2.45, 2.75) is 52.6 Å². The molecular weight excluding hydrogens is 559 g/mol. The van der Waals surface area contributed by atoms with Gasteiger partial charge in [-0.3, -0.25) is 10.1 Å². The number of aliphatic carboxylic acids is 1. The Balaban J connectivity index is 1.77. The van der Waals surface area contributed by atoms with Crippen molar-refractivity contribution in [1.82, 2.24) is 4.98 Å². The molecule has 1 atom stereocenters. The second-order valence-corrected chi connectivity index (χ2v) is 10.7. The number of unbranched alkanes of at least 4 members (excludes halogenated alkanes) is 3. The van der Waals surface area contributed by atoms with Gasteiger partial charge in [-0.05, 0) is 44.5 Å². The molecule has 2 aromatic carbocycles. The van der Waals surface area contributed by atoms with Gasteiger partial charge in [0, 0.05) is 39.8 Å². The number of carboxylic acids is 1. The Morgan fingerprint density at radius 2 is 1.90 bits per heavy atom. The number of halogens is 2. The van der Waals surface area contributed by atoms with Gasteiger partial charge in [-0.2, -0.15) is 0 Å². The van der Waals surface area contributed by atoms with Crippen LogP contribution in [-0.2, 0) is 9.53 Å². The molecule has 0 radical (unpaired) electrons. The van der Waals surface area contributed by atoms with Gasteiger partial charge in [-0.15, -0.1) is 11.3 Å². The van der Waals surface area contributed by atoms with Crippen LogP contribution in [0.1, 0.15) is 74.0 Å². The Hall–Kier alpha value is -2.91. The summed E-state index contributed by atoms with van der Waals surface area (Å²) in [6.07, 6.45) is 5.77. The molecular formula is C29H32Cl2N2O5S. The van der Waals surface area contributed by atoms with Crippen LogP contribution in [0.3, 0.4) is 0 Å². The lowest BCUT2D eigenvalue weighted by molar-refractivity contribution is -0.132. The van der Waals surface area contributed by atoms with E-state index in [2.05, 4.69) is 17.2 Å². The van der Waals surface area contributed by atoms with Crippen LogP contribution in [0.2, 0.25) is 10.0 Å². The number of amides is 1. The summed E-state index contributed by atoms with van der Waals surface area (Å²) in [5.41, 5.74) is 3.00. The largest absolute Gasteiger partial charge is 0.496 e. The van der Waals surface area contributed by atoms with E-state index in [9.17, 15) is 9.59 Å². The van der Waals surface area contributed by atoms with Crippen molar-refractivity contribution in [2.24, 2.45) is 0 Å². The van der Waals surface area contributed by atoms with Crippen LogP contribution < -0.4 is 10.1 Å². The number of hydrogen-bond acceptors (Lipinski definition) is 6. The first-order valence-corrected chi connectivity index (χ1v) is 14.3. The van der Waals surface area contributed by atoms with Crippen molar-refractivity contribution in [3.05, 3.63) is 68.0 Å². The number of para-hydroxylation sites is 1. The maximum atomic E-state index is 12.9. The average molecular weight is 592 g/mol. The molecule has 3 aromatic rings. The van der Waals surface area contributed by atoms with Gasteiger partial charge in [0.25, 0.3) is 5.91 Å². The number of methoxy groups -OCH3 is 1. The molecule has 0 aliphatic rings. The molecule has 0 saturated heterocycles. The standard InChI is InChI=1S/C29H32Cl2N2O5S/c1-5-6-7-8-12-38-18(3)20-10-9-11-21(26(20)37-4)25-16-39-29(32-25)33-27(34)19-14-23(30)22(24(31)15-19)13-17(2)28(35)36/h9-11,13-16,18H,5-8,12H2,1-4H3,(H,35,36)(H,32,33,34)/t18-/m1/s1. The van der Waals surface area contributed by atoms with E-state index in [1.165, 1.54) is 49.3 Å². The lowest BCUT2D eigenvalue weighted by Crippen LogP contribution is -2.12. The Labute approximate surface area is 242 Å². The van der Waals surface area contributed by atoms with Crippen molar-refractivity contribution >= 4 is 57.6 Å². The van der Waals surface area contributed by atoms with Gasteiger partial charge >= 0.3 is 5.97 Å². The van der Waals surface area contributed by atoms with Crippen molar-refractivity contribution in [2.75, 3.05) is 19.0 Å². The molecule has 0 saturated carbocycles. The third-order valence-corrected chi connectivity index (χ3v) is 7.48. The Morgan fingerprint density at radius 3 is 2.54 bits per heavy atom. The number of carbonyl (C=O) groups is 2. The van der Waals surface area contributed by atoms with Crippen LogP contribution in [0.4, 0.5) is 5.13 Å². The Morgan fingerprint density at radius 1 is 1.18 bits per heavy atom. The van der Waals surface area contributed by atoms with E-state index in [4.69, 9.17) is 37.8 Å². The van der Waals surface area contributed by atoms with E-state index in [-0.39, 0.29) is 27.3 Å². The monoisotopic (exact) mass is 590 g/mol. The minimum absolute atomic E-state index is 0.0683. The number of carboxylic acid groups (broad SMARTS) is 1. The number of aromatic nitrogens is 1. The molecule has 3 rings (SSSR count). The molecule has 0 aliphatic carbocycles. The Kier molecular flexibility index (Phi) is 11.4. The van der Waals surface area contributed by atoms with E-state index in [1.807, 2.05) is 30.5 Å². The normalized spacial score (nSPS) is 12.3. The zero-order valence-electron chi connectivity index (χ0n) is 22.3. The smallest absolute Gasteiger partial charge is 0.331 e. The van der Waals surface area contributed by atoms with E-state index in [1.54, 1.807) is 7.11 Å². The van der Waals surface area contributed by atoms with Gasteiger partial charge < -0.3 is 14.6 Å². The molecule has 0 bridgehead atoms. The highest BCUT2D eigenvalue weighted by Gasteiger charge is 2.19. The van der Waals surface area contributed by atoms with E-state index >= 15 is 0 Å². The minimum atomic E-state index is -1.09. The van der Waals surface area contributed by atoms with E-state index in [0.717, 1.165) is 24.0 Å². The van der Waals surface area contributed by atoms with E-state index in [0.29, 0.717) is 28.7 Å². The van der Waals surface area contributed by atoms with Gasteiger partial charge in [-0.25, -0.2) is 9.78 Å². The summed E-state index contributed by atoms with van der Waals surface area (Å²) in [5.74, 6) is -0.855. The van der Waals surface area contributed by atoms with Crippen LogP contribution >= 0.6 is 34.5 Å². The lowest BCUT2D eigenvalue weighted by Gasteiger charge is -2.18. The zero-order chi connectivity index (χ0) is 28.5. The Bertz CT molecular complexity index is 1330. The number of nitrogens with zero attached hydrogens (tertiary/aromatic N) is 1. The number of anilines is 1. The number of nitrogens with one attached hydrogen (secondary N) is 1. The molecule has 2 N–H and O–H groups in total. The van der Waals surface area contributed by atoms with Crippen LogP contribution in [0, 0.1) is 0 Å². The molecule has 0 aliphatic heterocycles. The summed E-state index contributed by atoms with van der Waals surface area (Å²) in [4.78, 5) is 28.7. The first kappa shape index (κ1) is 30.6.